The van der Waals surface area contributed by atoms with Crippen LogP contribution in [0.25, 0.3) is 0 Å². The van der Waals surface area contributed by atoms with Gasteiger partial charge in [0.2, 0.25) is 0 Å². The second-order valence-electron chi connectivity index (χ2n) is 5.05. The smallest absolute Gasteiger partial charge is 0.130 e. The molecule has 0 spiro atoms. The molecule has 0 aromatic heterocycles. The predicted octanol–water partition coefficient (Wildman–Crippen LogP) is 4.10. The third-order valence-electron chi connectivity index (χ3n) is 3.66. The van der Waals surface area contributed by atoms with Crippen LogP contribution in [0.4, 0.5) is 10.1 Å². The van der Waals surface area contributed by atoms with E-state index < -0.39 is 0 Å². The van der Waals surface area contributed by atoms with Gasteiger partial charge in [-0.1, -0.05) is 24.3 Å². The van der Waals surface area contributed by atoms with Crippen molar-refractivity contribution in [1.29, 1.82) is 5.41 Å². The number of benzene rings is 2. The number of rotatable bonds is 6. The Hall–Kier alpha value is -2.36. The molecule has 0 unspecified atom stereocenters. The monoisotopic (exact) mass is 299 g/mol. The highest BCUT2D eigenvalue weighted by Gasteiger charge is 2.12. The number of nitrogens with one attached hydrogen (secondary N) is 2. The maximum atomic E-state index is 12.9. The van der Waals surface area contributed by atoms with E-state index in [1.807, 2.05) is 43.0 Å². The first-order chi connectivity index (χ1) is 10.7. The van der Waals surface area contributed by atoms with Crippen LogP contribution in [0.2, 0.25) is 0 Å². The van der Waals surface area contributed by atoms with Gasteiger partial charge in [0.15, 0.2) is 0 Å². The van der Waals surface area contributed by atoms with Crippen molar-refractivity contribution in [2.24, 2.45) is 0 Å². The van der Waals surface area contributed by atoms with E-state index in [2.05, 4.69) is 5.32 Å². The summed E-state index contributed by atoms with van der Waals surface area (Å²) in [6.07, 6.45) is 0. The van der Waals surface area contributed by atoms with Gasteiger partial charge in [-0.25, -0.2) is 4.39 Å². The lowest BCUT2D eigenvalue weighted by molar-refractivity contribution is 0.464. The normalized spacial score (nSPS) is 10.3. The van der Waals surface area contributed by atoms with Gasteiger partial charge in [-0.15, -0.1) is 0 Å². The number of hydrogen-bond donors (Lipinski definition) is 2. The Morgan fingerprint density at radius 2 is 1.68 bits per heavy atom. The lowest BCUT2D eigenvalue weighted by Gasteiger charge is -2.23. The van der Waals surface area contributed by atoms with E-state index in [4.69, 9.17) is 5.41 Å². The minimum absolute atomic E-state index is 0.229. The largest absolute Gasteiger partial charge is 0.380 e. The fourth-order valence-corrected chi connectivity index (χ4v) is 2.35. The molecule has 2 rings (SSSR count). The van der Waals surface area contributed by atoms with Gasteiger partial charge in [0.25, 0.3) is 0 Å². The summed E-state index contributed by atoms with van der Waals surface area (Å²) < 4.78 is 12.9. The maximum absolute atomic E-state index is 12.9. The standard InChI is InChI=1S/C18H22FN3/c1-3-22(4-2)18(20)16-7-5-6-8-17(16)21-13-14-9-11-15(19)12-10-14/h5-12,20-21H,3-4,13H2,1-2H3. The Balaban J connectivity index is 2.14. The van der Waals surface area contributed by atoms with Gasteiger partial charge >= 0.3 is 0 Å². The molecular formula is C18H22FN3. The van der Waals surface area contributed by atoms with Crippen molar-refractivity contribution < 1.29 is 4.39 Å². The molecule has 0 bridgehead atoms. The number of para-hydroxylation sites is 1. The topological polar surface area (TPSA) is 39.1 Å². The fraction of sp³-hybridized carbons (Fsp3) is 0.278. The average Bonchev–Trinajstić information content (AvgIpc) is 2.55. The number of hydrogen-bond acceptors (Lipinski definition) is 2. The van der Waals surface area contributed by atoms with Crippen LogP contribution < -0.4 is 5.32 Å². The molecule has 22 heavy (non-hydrogen) atoms. The van der Waals surface area contributed by atoms with Crippen LogP contribution in [0.1, 0.15) is 25.0 Å². The zero-order valence-electron chi connectivity index (χ0n) is 13.1. The summed E-state index contributed by atoms with van der Waals surface area (Å²) in [5, 5.41) is 11.7. The van der Waals surface area contributed by atoms with Gasteiger partial charge in [-0.2, -0.15) is 0 Å². The van der Waals surface area contributed by atoms with E-state index in [9.17, 15) is 4.39 Å². The van der Waals surface area contributed by atoms with E-state index >= 15 is 0 Å². The molecule has 0 aliphatic rings. The summed E-state index contributed by atoms with van der Waals surface area (Å²) in [6, 6.07) is 14.3. The molecule has 0 aliphatic carbocycles. The highest BCUT2D eigenvalue weighted by Crippen LogP contribution is 2.18. The van der Waals surface area contributed by atoms with Crippen molar-refractivity contribution in [3.05, 3.63) is 65.5 Å². The molecule has 0 radical (unpaired) electrons. The lowest BCUT2D eigenvalue weighted by atomic mass is 10.1. The molecule has 0 amide bonds. The van der Waals surface area contributed by atoms with Crippen LogP contribution in [-0.4, -0.2) is 23.8 Å². The molecule has 0 saturated carbocycles. The fourth-order valence-electron chi connectivity index (χ4n) is 2.35. The van der Waals surface area contributed by atoms with Crippen molar-refractivity contribution in [2.75, 3.05) is 18.4 Å². The lowest BCUT2D eigenvalue weighted by Crippen LogP contribution is -2.31. The molecule has 4 heteroatoms. The van der Waals surface area contributed by atoms with Crippen molar-refractivity contribution in [2.45, 2.75) is 20.4 Å². The molecule has 2 aromatic carbocycles. The highest BCUT2D eigenvalue weighted by molar-refractivity contribution is 6.01. The second kappa shape index (κ2) is 7.59. The maximum Gasteiger partial charge on any atom is 0.130 e. The third-order valence-corrected chi connectivity index (χ3v) is 3.66. The molecule has 0 heterocycles. The first kappa shape index (κ1) is 16.0. The predicted molar refractivity (Wildman–Crippen MR) is 89.9 cm³/mol. The minimum atomic E-state index is -0.229. The molecule has 0 saturated heterocycles. The number of amidine groups is 1. The number of anilines is 1. The molecule has 0 atom stereocenters. The summed E-state index contributed by atoms with van der Waals surface area (Å²) in [4.78, 5) is 2.01. The average molecular weight is 299 g/mol. The number of nitrogens with zero attached hydrogens (tertiary/aromatic N) is 1. The first-order valence-corrected chi connectivity index (χ1v) is 7.57. The van der Waals surface area contributed by atoms with Crippen LogP contribution in [-0.2, 0) is 6.54 Å². The van der Waals surface area contributed by atoms with Gasteiger partial charge in [0.1, 0.15) is 11.7 Å². The summed E-state index contributed by atoms with van der Waals surface area (Å²) >= 11 is 0. The van der Waals surface area contributed by atoms with Gasteiger partial charge in [0.05, 0.1) is 0 Å². The van der Waals surface area contributed by atoms with E-state index in [-0.39, 0.29) is 5.82 Å². The Morgan fingerprint density at radius 3 is 2.32 bits per heavy atom. The number of halogens is 1. The Labute approximate surface area is 131 Å². The van der Waals surface area contributed by atoms with Gasteiger partial charge in [-0.05, 0) is 43.7 Å². The van der Waals surface area contributed by atoms with E-state index in [0.717, 1.165) is 29.9 Å². The molecule has 116 valence electrons. The van der Waals surface area contributed by atoms with Crippen LogP contribution in [0.15, 0.2) is 48.5 Å². The Bertz CT molecular complexity index is 618. The molecule has 0 aliphatic heterocycles. The molecule has 3 nitrogen and oxygen atoms in total. The van der Waals surface area contributed by atoms with E-state index in [0.29, 0.717) is 12.4 Å². The van der Waals surface area contributed by atoms with Crippen LogP contribution >= 0.6 is 0 Å². The summed E-state index contributed by atoms with van der Waals surface area (Å²) in [5.41, 5.74) is 2.81. The zero-order chi connectivity index (χ0) is 15.9. The minimum Gasteiger partial charge on any atom is -0.380 e. The summed E-state index contributed by atoms with van der Waals surface area (Å²) in [5.74, 6) is 0.291. The van der Waals surface area contributed by atoms with E-state index in [1.54, 1.807) is 12.1 Å². The molecule has 2 N–H and O–H groups in total. The Morgan fingerprint density at radius 1 is 1.05 bits per heavy atom. The first-order valence-electron chi connectivity index (χ1n) is 7.57. The van der Waals surface area contributed by atoms with Crippen molar-refractivity contribution >= 4 is 11.5 Å². The van der Waals surface area contributed by atoms with Crippen molar-refractivity contribution in [3.63, 3.8) is 0 Å². The highest BCUT2D eigenvalue weighted by atomic mass is 19.1. The van der Waals surface area contributed by atoms with Crippen LogP contribution in [0.3, 0.4) is 0 Å². The van der Waals surface area contributed by atoms with Gasteiger partial charge in [-0.3, -0.25) is 5.41 Å². The third kappa shape index (κ3) is 3.85. The van der Waals surface area contributed by atoms with E-state index in [1.165, 1.54) is 12.1 Å². The van der Waals surface area contributed by atoms with Crippen molar-refractivity contribution in [3.8, 4) is 0 Å². The molecular weight excluding hydrogens is 277 g/mol. The quantitative estimate of drug-likeness (QED) is 0.622. The van der Waals surface area contributed by atoms with Gasteiger partial charge in [0, 0.05) is 30.9 Å². The van der Waals surface area contributed by atoms with Crippen molar-refractivity contribution in [1.82, 2.24) is 4.90 Å². The van der Waals surface area contributed by atoms with Crippen LogP contribution in [0, 0.1) is 11.2 Å². The summed E-state index contributed by atoms with van der Waals surface area (Å²) in [7, 11) is 0. The van der Waals surface area contributed by atoms with Crippen LogP contribution in [0.5, 0.6) is 0 Å². The Kier molecular flexibility index (Phi) is 5.53. The van der Waals surface area contributed by atoms with Gasteiger partial charge < -0.3 is 10.2 Å². The second-order valence-corrected chi connectivity index (χ2v) is 5.05. The zero-order valence-corrected chi connectivity index (χ0v) is 13.1. The molecule has 0 fully saturated rings. The molecule has 2 aromatic rings. The summed E-state index contributed by atoms with van der Waals surface area (Å²) in [6.45, 7) is 6.31. The SMILES string of the molecule is CCN(CC)C(=N)c1ccccc1NCc1ccc(F)cc1.